The molecule has 0 bridgehead atoms. The first-order chi connectivity index (χ1) is 10.2. The van der Waals surface area contributed by atoms with Gasteiger partial charge in [0.05, 0.1) is 12.7 Å². The maximum atomic E-state index is 11.9. The predicted octanol–water partition coefficient (Wildman–Crippen LogP) is 4.63. The number of para-hydroxylation sites is 1. The molecule has 2 aromatic rings. The lowest BCUT2D eigenvalue weighted by Gasteiger charge is -2.12. The van der Waals surface area contributed by atoms with Crippen LogP contribution in [0.4, 0.5) is 0 Å². The Morgan fingerprint density at radius 1 is 1.19 bits per heavy atom. The molecule has 0 fully saturated rings. The summed E-state index contributed by atoms with van der Waals surface area (Å²) in [5.74, 6) is 1.46. The minimum atomic E-state index is 0.0790. The van der Waals surface area contributed by atoms with Crippen molar-refractivity contribution in [2.75, 3.05) is 7.11 Å². The van der Waals surface area contributed by atoms with Crippen molar-refractivity contribution in [3.05, 3.63) is 58.1 Å². The minimum absolute atomic E-state index is 0.0790. The lowest BCUT2D eigenvalue weighted by Crippen LogP contribution is -2.03. The summed E-state index contributed by atoms with van der Waals surface area (Å²) < 4.78 is 12.0. The van der Waals surface area contributed by atoms with E-state index in [1.807, 2.05) is 43.3 Å². The molecule has 0 spiro atoms. The topological polar surface area (TPSA) is 35.5 Å². The highest BCUT2D eigenvalue weighted by molar-refractivity contribution is 9.10. The summed E-state index contributed by atoms with van der Waals surface area (Å²) in [6.45, 7) is 2.21. The molecule has 0 saturated heterocycles. The van der Waals surface area contributed by atoms with Gasteiger partial charge in [-0.3, -0.25) is 4.79 Å². The fourth-order valence-corrected chi connectivity index (χ4v) is 2.32. The van der Waals surface area contributed by atoms with Gasteiger partial charge in [-0.2, -0.15) is 0 Å². The van der Waals surface area contributed by atoms with Gasteiger partial charge in [0, 0.05) is 16.5 Å². The number of methoxy groups -OCH3 is 1. The van der Waals surface area contributed by atoms with E-state index in [9.17, 15) is 4.79 Å². The summed E-state index contributed by atoms with van der Waals surface area (Å²) in [4.78, 5) is 11.9. The molecule has 0 heterocycles. The number of hydrogen-bond acceptors (Lipinski definition) is 3. The molecule has 0 N–H and O–H groups in total. The van der Waals surface area contributed by atoms with E-state index in [1.54, 1.807) is 13.2 Å². The van der Waals surface area contributed by atoms with Crippen LogP contribution in [0.2, 0.25) is 0 Å². The molecule has 21 heavy (non-hydrogen) atoms. The third kappa shape index (κ3) is 3.85. The van der Waals surface area contributed by atoms with Gasteiger partial charge in [-0.15, -0.1) is 0 Å². The zero-order chi connectivity index (χ0) is 15.2. The molecule has 0 aliphatic carbocycles. The molecule has 0 radical (unpaired) electrons. The molecular formula is C17H17BrO3. The predicted molar refractivity (Wildman–Crippen MR) is 86.1 cm³/mol. The summed E-state index contributed by atoms with van der Waals surface area (Å²) in [6.07, 6.45) is 0.462. The molecule has 2 rings (SSSR count). The summed E-state index contributed by atoms with van der Waals surface area (Å²) in [7, 11) is 1.63. The summed E-state index contributed by atoms with van der Waals surface area (Å²) in [6, 6.07) is 13.0. The molecule has 0 aliphatic rings. The van der Waals surface area contributed by atoms with Crippen molar-refractivity contribution in [2.45, 2.75) is 20.0 Å². The van der Waals surface area contributed by atoms with E-state index in [2.05, 4.69) is 15.9 Å². The molecule has 2 aromatic carbocycles. The van der Waals surface area contributed by atoms with E-state index in [0.29, 0.717) is 24.3 Å². The number of halogens is 1. The molecule has 0 unspecified atom stereocenters. The normalized spacial score (nSPS) is 10.2. The van der Waals surface area contributed by atoms with Crippen molar-refractivity contribution in [2.24, 2.45) is 0 Å². The van der Waals surface area contributed by atoms with Gasteiger partial charge in [0.1, 0.15) is 18.1 Å². The van der Waals surface area contributed by atoms with Crippen LogP contribution in [0.1, 0.15) is 29.3 Å². The fraction of sp³-hybridized carbons (Fsp3) is 0.235. The quantitative estimate of drug-likeness (QED) is 0.714. The lowest BCUT2D eigenvalue weighted by atomic mass is 10.1. The standard InChI is InChI=1S/C17H17BrO3/c1-3-16(19)14-6-4-5-7-17(14)21-11-12-10-13(20-2)8-9-15(12)18/h4-10H,3,11H2,1-2H3. The van der Waals surface area contributed by atoms with Gasteiger partial charge in [0.2, 0.25) is 0 Å². The second-order valence-corrected chi connectivity index (χ2v) is 5.37. The number of rotatable bonds is 6. The van der Waals surface area contributed by atoms with Crippen molar-refractivity contribution in [1.82, 2.24) is 0 Å². The summed E-state index contributed by atoms with van der Waals surface area (Å²) in [5.41, 5.74) is 1.59. The largest absolute Gasteiger partial charge is 0.497 e. The molecule has 4 heteroatoms. The van der Waals surface area contributed by atoms with E-state index in [1.165, 1.54) is 0 Å². The van der Waals surface area contributed by atoms with Crippen molar-refractivity contribution in [3.63, 3.8) is 0 Å². The van der Waals surface area contributed by atoms with Crippen LogP contribution in [-0.4, -0.2) is 12.9 Å². The van der Waals surface area contributed by atoms with Gasteiger partial charge in [0.25, 0.3) is 0 Å². The lowest BCUT2D eigenvalue weighted by molar-refractivity contribution is 0.0983. The first-order valence-corrected chi connectivity index (χ1v) is 7.52. The summed E-state index contributed by atoms with van der Waals surface area (Å²) >= 11 is 3.49. The Hall–Kier alpha value is -1.81. The monoisotopic (exact) mass is 348 g/mol. The number of Topliss-reactive ketones (excluding diaryl/α,β-unsaturated/α-hetero) is 1. The van der Waals surface area contributed by atoms with Crippen molar-refractivity contribution in [3.8, 4) is 11.5 Å². The van der Waals surface area contributed by atoms with E-state index in [4.69, 9.17) is 9.47 Å². The van der Waals surface area contributed by atoms with Crippen LogP contribution in [0.5, 0.6) is 11.5 Å². The Balaban J connectivity index is 2.19. The SMILES string of the molecule is CCC(=O)c1ccccc1OCc1cc(OC)ccc1Br. The number of benzene rings is 2. The van der Waals surface area contributed by atoms with Gasteiger partial charge in [-0.25, -0.2) is 0 Å². The van der Waals surface area contributed by atoms with Crippen LogP contribution in [0.15, 0.2) is 46.9 Å². The van der Waals surface area contributed by atoms with Crippen LogP contribution in [0, 0.1) is 0 Å². The first kappa shape index (κ1) is 15.6. The van der Waals surface area contributed by atoms with Gasteiger partial charge in [0.15, 0.2) is 5.78 Å². The Morgan fingerprint density at radius 2 is 1.95 bits per heavy atom. The number of carbonyl (C=O) groups is 1. The van der Waals surface area contributed by atoms with Gasteiger partial charge >= 0.3 is 0 Å². The highest BCUT2D eigenvalue weighted by Gasteiger charge is 2.11. The maximum absolute atomic E-state index is 11.9. The highest BCUT2D eigenvalue weighted by Crippen LogP contribution is 2.26. The molecule has 0 aliphatic heterocycles. The molecule has 0 atom stereocenters. The van der Waals surface area contributed by atoms with E-state index in [0.717, 1.165) is 15.8 Å². The fourth-order valence-electron chi connectivity index (χ4n) is 1.96. The molecule has 3 nitrogen and oxygen atoms in total. The Kier molecular flexibility index (Phi) is 5.39. The number of ketones is 1. The van der Waals surface area contributed by atoms with E-state index >= 15 is 0 Å². The zero-order valence-corrected chi connectivity index (χ0v) is 13.6. The van der Waals surface area contributed by atoms with Crippen molar-refractivity contribution >= 4 is 21.7 Å². The third-order valence-corrected chi connectivity index (χ3v) is 3.92. The molecular weight excluding hydrogens is 332 g/mol. The number of ether oxygens (including phenoxy) is 2. The van der Waals surface area contributed by atoms with Crippen LogP contribution in [-0.2, 0) is 6.61 Å². The second-order valence-electron chi connectivity index (χ2n) is 4.52. The average Bonchev–Trinajstić information content (AvgIpc) is 2.53. The van der Waals surface area contributed by atoms with Crippen LogP contribution < -0.4 is 9.47 Å². The van der Waals surface area contributed by atoms with E-state index < -0.39 is 0 Å². The van der Waals surface area contributed by atoms with Crippen LogP contribution in [0.3, 0.4) is 0 Å². The van der Waals surface area contributed by atoms with Gasteiger partial charge in [-0.05, 0) is 30.3 Å². The smallest absolute Gasteiger partial charge is 0.166 e. The van der Waals surface area contributed by atoms with Gasteiger partial charge < -0.3 is 9.47 Å². The number of carbonyl (C=O) groups excluding carboxylic acids is 1. The molecule has 0 aromatic heterocycles. The Morgan fingerprint density at radius 3 is 2.67 bits per heavy atom. The number of hydrogen-bond donors (Lipinski definition) is 0. The average molecular weight is 349 g/mol. The highest BCUT2D eigenvalue weighted by atomic mass is 79.9. The molecule has 0 amide bonds. The van der Waals surface area contributed by atoms with Crippen molar-refractivity contribution < 1.29 is 14.3 Å². The zero-order valence-electron chi connectivity index (χ0n) is 12.1. The van der Waals surface area contributed by atoms with Gasteiger partial charge in [-0.1, -0.05) is 35.0 Å². The Labute approximate surface area is 133 Å². The molecule has 110 valence electrons. The maximum Gasteiger partial charge on any atom is 0.166 e. The first-order valence-electron chi connectivity index (χ1n) is 6.73. The van der Waals surface area contributed by atoms with E-state index in [-0.39, 0.29) is 5.78 Å². The van der Waals surface area contributed by atoms with Crippen LogP contribution in [0.25, 0.3) is 0 Å². The molecule has 0 saturated carbocycles. The minimum Gasteiger partial charge on any atom is -0.497 e. The second kappa shape index (κ2) is 7.27. The van der Waals surface area contributed by atoms with Crippen molar-refractivity contribution in [1.29, 1.82) is 0 Å². The third-order valence-electron chi connectivity index (χ3n) is 3.14. The Bertz CT molecular complexity index is 638. The van der Waals surface area contributed by atoms with Crippen LogP contribution >= 0.6 is 15.9 Å². The summed E-state index contributed by atoms with van der Waals surface area (Å²) in [5, 5.41) is 0.